The minimum absolute atomic E-state index is 0.675. The molecule has 1 unspecified atom stereocenters. The zero-order valence-corrected chi connectivity index (χ0v) is 8.46. The Labute approximate surface area is 88.2 Å². The van der Waals surface area contributed by atoms with Gasteiger partial charge in [-0.2, -0.15) is 0 Å². The monoisotopic (exact) mass is 203 g/mol. The van der Waals surface area contributed by atoms with E-state index in [1.165, 1.54) is 0 Å². The maximum Gasteiger partial charge on any atom is 0.177 e. The van der Waals surface area contributed by atoms with E-state index in [4.69, 9.17) is 5.73 Å². The molecule has 0 spiro atoms. The van der Waals surface area contributed by atoms with Crippen LogP contribution in [0.5, 0.6) is 0 Å². The predicted octanol–water partition coefficient (Wildman–Crippen LogP) is 1.17. The molecule has 1 atom stereocenters. The van der Waals surface area contributed by atoms with Crippen LogP contribution in [-0.4, -0.2) is 23.2 Å². The third-order valence-electron chi connectivity index (χ3n) is 2.51. The molecule has 3 N–H and O–H groups in total. The number of rotatable bonds is 2. The van der Waals surface area contributed by atoms with E-state index in [-0.39, 0.29) is 0 Å². The van der Waals surface area contributed by atoms with E-state index in [0.29, 0.717) is 5.69 Å². The van der Waals surface area contributed by atoms with E-state index in [0.717, 1.165) is 5.56 Å². The molecule has 0 amide bonds. The number of nitrogen functional groups attached to an aromatic ring is 1. The second kappa shape index (κ2) is 3.47. The van der Waals surface area contributed by atoms with Gasteiger partial charge in [0.05, 0.1) is 0 Å². The predicted molar refractivity (Wildman–Crippen MR) is 61.2 cm³/mol. The average Bonchev–Trinajstić information content (AvgIpc) is 2.67. The number of nitrogens with zero attached hydrogens (tertiary/aromatic N) is 2. The highest BCUT2D eigenvalue weighted by Crippen LogP contribution is 2.31. The van der Waals surface area contributed by atoms with Gasteiger partial charge in [0.2, 0.25) is 0 Å². The van der Waals surface area contributed by atoms with Crippen LogP contribution in [0.4, 0.5) is 5.69 Å². The first kappa shape index (κ1) is 9.86. The molecule has 0 bridgehead atoms. The maximum absolute atomic E-state index is 10.1. The molecular formula is C11H13N3O. The third kappa shape index (κ3) is 1.76. The molecule has 15 heavy (non-hydrogen) atoms. The summed E-state index contributed by atoms with van der Waals surface area (Å²) in [5.41, 5.74) is 6.22. The van der Waals surface area contributed by atoms with Gasteiger partial charge in [-0.05, 0) is 24.6 Å². The third-order valence-corrected chi connectivity index (χ3v) is 2.51. The van der Waals surface area contributed by atoms with Gasteiger partial charge in [0, 0.05) is 18.1 Å². The quantitative estimate of drug-likeness (QED) is 0.708. The molecule has 1 aromatic rings. The van der Waals surface area contributed by atoms with E-state index in [9.17, 15) is 5.11 Å². The lowest BCUT2D eigenvalue weighted by atomic mass is 9.99. The van der Waals surface area contributed by atoms with Crippen molar-refractivity contribution in [3.8, 4) is 0 Å². The number of benzene rings is 1. The standard InChI is InChI=1S/C11H13N3O/c1-11(13-6-7-14-11)10(15)8-2-4-9(12)5-3-8/h2-7,10,15H,12H2,1H3. The van der Waals surface area contributed by atoms with Crippen molar-refractivity contribution in [3.63, 3.8) is 0 Å². The first-order valence-corrected chi connectivity index (χ1v) is 4.74. The molecule has 1 aromatic carbocycles. The molecule has 0 aliphatic carbocycles. The maximum atomic E-state index is 10.1. The second-order valence-electron chi connectivity index (χ2n) is 3.72. The lowest BCUT2D eigenvalue weighted by Gasteiger charge is -2.24. The van der Waals surface area contributed by atoms with Crippen molar-refractivity contribution in [2.45, 2.75) is 18.7 Å². The molecule has 4 heteroatoms. The highest BCUT2D eigenvalue weighted by Gasteiger charge is 2.33. The van der Waals surface area contributed by atoms with Crippen LogP contribution >= 0.6 is 0 Å². The number of aliphatic hydroxyl groups excluding tert-OH is 1. The number of hydrogen-bond acceptors (Lipinski definition) is 4. The smallest absolute Gasteiger partial charge is 0.177 e. The van der Waals surface area contributed by atoms with Crippen LogP contribution in [0.3, 0.4) is 0 Å². The summed E-state index contributed by atoms with van der Waals surface area (Å²) in [7, 11) is 0. The van der Waals surface area contributed by atoms with Gasteiger partial charge < -0.3 is 10.8 Å². The van der Waals surface area contributed by atoms with Crippen molar-refractivity contribution in [1.82, 2.24) is 0 Å². The van der Waals surface area contributed by atoms with E-state index in [1.54, 1.807) is 43.6 Å². The average molecular weight is 203 g/mol. The molecule has 0 saturated heterocycles. The fourth-order valence-corrected chi connectivity index (χ4v) is 1.54. The summed E-state index contributed by atoms with van der Waals surface area (Å²) in [5.74, 6) is 0. The molecule has 4 nitrogen and oxygen atoms in total. The number of aliphatic hydroxyl groups is 1. The molecule has 0 radical (unpaired) electrons. The Morgan fingerprint density at radius 3 is 2.27 bits per heavy atom. The molecule has 78 valence electrons. The van der Waals surface area contributed by atoms with E-state index >= 15 is 0 Å². The molecule has 1 aliphatic rings. The van der Waals surface area contributed by atoms with Crippen molar-refractivity contribution in [2.24, 2.45) is 9.98 Å². The summed E-state index contributed by atoms with van der Waals surface area (Å²) in [6, 6.07) is 7.08. The van der Waals surface area contributed by atoms with Gasteiger partial charge >= 0.3 is 0 Å². The Hall–Kier alpha value is -1.68. The Kier molecular flexibility index (Phi) is 2.28. The summed E-state index contributed by atoms with van der Waals surface area (Å²) in [6.45, 7) is 1.79. The molecule has 0 aromatic heterocycles. The topological polar surface area (TPSA) is 71.0 Å². The normalized spacial score (nSPS) is 19.3. The highest BCUT2D eigenvalue weighted by atomic mass is 16.3. The summed E-state index contributed by atoms with van der Waals surface area (Å²) in [4.78, 5) is 8.28. The van der Waals surface area contributed by atoms with Crippen LogP contribution in [-0.2, 0) is 0 Å². The molecule has 1 heterocycles. The second-order valence-corrected chi connectivity index (χ2v) is 3.72. The fraction of sp³-hybridized carbons (Fsp3) is 0.273. The highest BCUT2D eigenvalue weighted by molar-refractivity contribution is 6.17. The molecule has 1 aliphatic heterocycles. The van der Waals surface area contributed by atoms with Gasteiger partial charge in [-0.15, -0.1) is 0 Å². The van der Waals surface area contributed by atoms with Crippen LogP contribution in [0.2, 0.25) is 0 Å². The van der Waals surface area contributed by atoms with Gasteiger partial charge in [-0.1, -0.05) is 12.1 Å². The number of aliphatic imine (C=N–C) groups is 2. The van der Waals surface area contributed by atoms with E-state index < -0.39 is 11.8 Å². The number of hydrogen-bond donors (Lipinski definition) is 2. The van der Waals surface area contributed by atoms with E-state index in [2.05, 4.69) is 9.98 Å². The largest absolute Gasteiger partial charge is 0.399 e. The van der Waals surface area contributed by atoms with Crippen LogP contribution in [0.1, 0.15) is 18.6 Å². The molecule has 0 saturated carbocycles. The summed E-state index contributed by atoms with van der Waals surface area (Å²) in [5, 5.41) is 10.1. The van der Waals surface area contributed by atoms with Gasteiger partial charge in [-0.25, -0.2) is 0 Å². The van der Waals surface area contributed by atoms with Gasteiger partial charge in [0.15, 0.2) is 5.66 Å². The van der Waals surface area contributed by atoms with Crippen molar-refractivity contribution in [2.75, 3.05) is 5.73 Å². The van der Waals surface area contributed by atoms with Crippen molar-refractivity contribution in [1.29, 1.82) is 0 Å². The van der Waals surface area contributed by atoms with Crippen molar-refractivity contribution in [3.05, 3.63) is 29.8 Å². The summed E-state index contributed by atoms with van der Waals surface area (Å²) >= 11 is 0. The van der Waals surface area contributed by atoms with Gasteiger partial charge in [-0.3, -0.25) is 9.98 Å². The van der Waals surface area contributed by atoms with Gasteiger partial charge in [0.25, 0.3) is 0 Å². The van der Waals surface area contributed by atoms with E-state index in [1.807, 2.05) is 0 Å². The zero-order chi connectivity index (χ0) is 10.9. The molecule has 0 fully saturated rings. The van der Waals surface area contributed by atoms with Crippen LogP contribution in [0, 0.1) is 0 Å². The number of nitrogens with two attached hydrogens (primary N) is 1. The SMILES string of the molecule is CC1(C(O)c2ccc(N)cc2)N=CC=N1. The molecular weight excluding hydrogens is 190 g/mol. The first-order chi connectivity index (χ1) is 7.12. The minimum atomic E-state index is -0.796. The summed E-state index contributed by atoms with van der Waals surface area (Å²) < 4.78 is 0. The van der Waals surface area contributed by atoms with Crippen LogP contribution < -0.4 is 5.73 Å². The summed E-state index contributed by atoms with van der Waals surface area (Å²) in [6.07, 6.45) is 2.45. The Morgan fingerprint density at radius 2 is 1.73 bits per heavy atom. The zero-order valence-electron chi connectivity index (χ0n) is 8.46. The Bertz CT molecular complexity index is 396. The lowest BCUT2D eigenvalue weighted by Crippen LogP contribution is -2.26. The van der Waals surface area contributed by atoms with Crippen LogP contribution in [0.15, 0.2) is 34.3 Å². The fourth-order valence-electron chi connectivity index (χ4n) is 1.54. The van der Waals surface area contributed by atoms with Crippen LogP contribution in [0.25, 0.3) is 0 Å². The minimum Gasteiger partial charge on any atom is -0.399 e. The first-order valence-electron chi connectivity index (χ1n) is 4.74. The Morgan fingerprint density at radius 1 is 1.20 bits per heavy atom. The van der Waals surface area contributed by atoms with Crippen molar-refractivity contribution >= 4 is 18.1 Å². The van der Waals surface area contributed by atoms with Gasteiger partial charge in [0.1, 0.15) is 6.10 Å². The number of anilines is 1. The Balaban J connectivity index is 2.28. The lowest BCUT2D eigenvalue weighted by molar-refractivity contribution is 0.103. The van der Waals surface area contributed by atoms with Crippen molar-refractivity contribution < 1.29 is 5.11 Å². The molecule has 2 rings (SSSR count).